The fourth-order valence-electron chi connectivity index (χ4n) is 2.57. The van der Waals surface area contributed by atoms with Crippen LogP contribution in [0.1, 0.15) is 63.3 Å². The van der Waals surface area contributed by atoms with Gasteiger partial charge >= 0.3 is 0 Å². The van der Waals surface area contributed by atoms with E-state index in [-0.39, 0.29) is 0 Å². The summed E-state index contributed by atoms with van der Waals surface area (Å²) in [6, 6.07) is 8.38. The lowest BCUT2D eigenvalue weighted by Gasteiger charge is -2.03. The highest BCUT2D eigenvalue weighted by Gasteiger charge is 2.01. The maximum absolute atomic E-state index is 4.64. The topological polar surface area (TPSA) is 24.9 Å². The highest BCUT2D eigenvalue weighted by molar-refractivity contribution is 7.18. The predicted octanol–water partition coefficient (Wildman–Crippen LogP) is 5.53. The number of rotatable bonds is 11. The maximum atomic E-state index is 4.64. The van der Waals surface area contributed by atoms with E-state index in [2.05, 4.69) is 41.5 Å². The van der Waals surface area contributed by atoms with Crippen molar-refractivity contribution in [2.75, 3.05) is 6.54 Å². The molecule has 2 nitrogen and oxygen atoms in total. The van der Waals surface area contributed by atoms with Crippen LogP contribution >= 0.6 is 11.3 Å². The standard InChI is InChI=1S/C18H28N2S/c1-2-3-4-5-6-7-8-11-14-19-15-18-20-16-12-9-10-13-17(16)21-18/h9-10,12-13,19H,2-8,11,14-15H2,1H3. The molecule has 1 N–H and O–H groups in total. The van der Waals surface area contributed by atoms with Crippen LogP contribution in [0.25, 0.3) is 10.2 Å². The van der Waals surface area contributed by atoms with E-state index in [0.717, 1.165) is 18.6 Å². The van der Waals surface area contributed by atoms with Gasteiger partial charge in [0, 0.05) is 6.54 Å². The van der Waals surface area contributed by atoms with Crippen molar-refractivity contribution in [2.24, 2.45) is 0 Å². The number of benzene rings is 1. The largest absolute Gasteiger partial charge is 0.310 e. The lowest BCUT2D eigenvalue weighted by atomic mass is 10.1. The molecule has 0 amide bonds. The minimum absolute atomic E-state index is 0.913. The SMILES string of the molecule is CCCCCCCCCCNCc1nc2ccccc2s1. The van der Waals surface area contributed by atoms with Gasteiger partial charge in [-0.05, 0) is 25.1 Å². The lowest BCUT2D eigenvalue weighted by Crippen LogP contribution is -2.14. The van der Waals surface area contributed by atoms with E-state index >= 15 is 0 Å². The van der Waals surface area contributed by atoms with Gasteiger partial charge in [0.1, 0.15) is 5.01 Å². The summed E-state index contributed by atoms with van der Waals surface area (Å²) in [5.74, 6) is 0. The number of para-hydroxylation sites is 1. The molecule has 1 aromatic heterocycles. The Labute approximate surface area is 133 Å². The molecule has 0 atom stereocenters. The van der Waals surface area contributed by atoms with E-state index in [1.807, 2.05) is 0 Å². The van der Waals surface area contributed by atoms with Crippen LogP contribution in [0.5, 0.6) is 0 Å². The van der Waals surface area contributed by atoms with Crippen molar-refractivity contribution in [1.82, 2.24) is 10.3 Å². The van der Waals surface area contributed by atoms with Crippen molar-refractivity contribution in [3.8, 4) is 0 Å². The molecule has 21 heavy (non-hydrogen) atoms. The first-order valence-electron chi connectivity index (χ1n) is 8.45. The first-order valence-corrected chi connectivity index (χ1v) is 9.27. The van der Waals surface area contributed by atoms with Crippen LogP contribution in [0.2, 0.25) is 0 Å². The summed E-state index contributed by atoms with van der Waals surface area (Å²) in [5, 5.41) is 4.73. The van der Waals surface area contributed by atoms with Gasteiger partial charge in [0.25, 0.3) is 0 Å². The van der Waals surface area contributed by atoms with Crippen LogP contribution in [0.4, 0.5) is 0 Å². The molecule has 0 aliphatic rings. The minimum Gasteiger partial charge on any atom is -0.310 e. The van der Waals surface area contributed by atoms with Gasteiger partial charge in [-0.25, -0.2) is 4.98 Å². The van der Waals surface area contributed by atoms with Gasteiger partial charge in [-0.15, -0.1) is 11.3 Å². The quantitative estimate of drug-likeness (QED) is 0.552. The fraction of sp³-hybridized carbons (Fsp3) is 0.611. The van der Waals surface area contributed by atoms with Gasteiger partial charge in [-0.1, -0.05) is 64.0 Å². The Hall–Kier alpha value is -0.930. The molecule has 1 aromatic carbocycles. The van der Waals surface area contributed by atoms with Crippen molar-refractivity contribution in [2.45, 2.75) is 64.8 Å². The average Bonchev–Trinajstić information content (AvgIpc) is 2.92. The molecular formula is C18H28N2S. The molecule has 0 spiro atoms. The third kappa shape index (κ3) is 6.15. The van der Waals surface area contributed by atoms with Crippen LogP contribution in [-0.2, 0) is 6.54 Å². The third-order valence-corrected chi connectivity index (χ3v) is 4.86. The van der Waals surface area contributed by atoms with E-state index in [9.17, 15) is 0 Å². The predicted molar refractivity (Wildman–Crippen MR) is 93.9 cm³/mol. The molecule has 0 saturated carbocycles. The lowest BCUT2D eigenvalue weighted by molar-refractivity contribution is 0.555. The number of thiazole rings is 1. The van der Waals surface area contributed by atoms with Crippen molar-refractivity contribution in [3.05, 3.63) is 29.3 Å². The van der Waals surface area contributed by atoms with Crippen LogP contribution < -0.4 is 5.32 Å². The molecule has 0 aliphatic carbocycles. The Kier molecular flexibility index (Phi) is 7.76. The molecular weight excluding hydrogens is 276 g/mol. The number of nitrogens with one attached hydrogen (secondary N) is 1. The van der Waals surface area contributed by atoms with Crippen molar-refractivity contribution < 1.29 is 0 Å². The highest BCUT2D eigenvalue weighted by Crippen LogP contribution is 2.21. The van der Waals surface area contributed by atoms with E-state index in [0.29, 0.717) is 0 Å². The molecule has 2 rings (SSSR count). The first-order chi connectivity index (χ1) is 10.4. The van der Waals surface area contributed by atoms with E-state index in [4.69, 9.17) is 0 Å². The molecule has 0 fully saturated rings. The molecule has 116 valence electrons. The highest BCUT2D eigenvalue weighted by atomic mass is 32.1. The Bertz CT molecular complexity index is 474. The average molecular weight is 305 g/mol. The van der Waals surface area contributed by atoms with Gasteiger partial charge in [-0.3, -0.25) is 0 Å². The molecule has 0 bridgehead atoms. The number of aromatic nitrogens is 1. The zero-order valence-electron chi connectivity index (χ0n) is 13.2. The van der Waals surface area contributed by atoms with E-state index in [1.165, 1.54) is 61.1 Å². The normalized spacial score (nSPS) is 11.3. The fourth-order valence-corrected chi connectivity index (χ4v) is 3.51. The smallest absolute Gasteiger partial charge is 0.108 e. The first kappa shape index (κ1) is 16.4. The number of hydrogen-bond acceptors (Lipinski definition) is 3. The van der Waals surface area contributed by atoms with Gasteiger partial charge in [-0.2, -0.15) is 0 Å². The number of fused-ring (bicyclic) bond motifs is 1. The second kappa shape index (κ2) is 9.91. The number of nitrogens with zero attached hydrogens (tertiary/aromatic N) is 1. The summed E-state index contributed by atoms with van der Waals surface area (Å²) >= 11 is 1.80. The summed E-state index contributed by atoms with van der Waals surface area (Å²) in [5.41, 5.74) is 1.13. The van der Waals surface area contributed by atoms with E-state index in [1.54, 1.807) is 11.3 Å². The van der Waals surface area contributed by atoms with Gasteiger partial charge in [0.05, 0.1) is 10.2 Å². The van der Waals surface area contributed by atoms with Gasteiger partial charge in [0.2, 0.25) is 0 Å². The molecule has 0 saturated heterocycles. The summed E-state index contributed by atoms with van der Waals surface area (Å²) in [7, 11) is 0. The van der Waals surface area contributed by atoms with Crippen molar-refractivity contribution in [3.63, 3.8) is 0 Å². The monoisotopic (exact) mass is 304 g/mol. The van der Waals surface area contributed by atoms with E-state index < -0.39 is 0 Å². The molecule has 1 heterocycles. The molecule has 0 unspecified atom stereocenters. The Morgan fingerprint density at radius 1 is 0.952 bits per heavy atom. The van der Waals surface area contributed by atoms with Gasteiger partial charge < -0.3 is 5.32 Å². The van der Waals surface area contributed by atoms with Crippen molar-refractivity contribution >= 4 is 21.6 Å². The Morgan fingerprint density at radius 2 is 1.67 bits per heavy atom. The Balaban J connectivity index is 1.50. The second-order valence-electron chi connectivity index (χ2n) is 5.73. The van der Waals surface area contributed by atoms with Crippen LogP contribution in [-0.4, -0.2) is 11.5 Å². The van der Waals surface area contributed by atoms with Crippen LogP contribution in [0, 0.1) is 0 Å². The Morgan fingerprint density at radius 3 is 2.43 bits per heavy atom. The van der Waals surface area contributed by atoms with Crippen LogP contribution in [0.3, 0.4) is 0 Å². The maximum Gasteiger partial charge on any atom is 0.108 e. The van der Waals surface area contributed by atoms with Gasteiger partial charge in [0.15, 0.2) is 0 Å². The molecule has 2 aromatic rings. The summed E-state index contributed by atoms with van der Waals surface area (Å²) < 4.78 is 1.29. The summed E-state index contributed by atoms with van der Waals surface area (Å²) in [4.78, 5) is 4.64. The third-order valence-electron chi connectivity index (χ3n) is 3.82. The number of hydrogen-bond donors (Lipinski definition) is 1. The zero-order chi connectivity index (χ0) is 14.8. The zero-order valence-corrected chi connectivity index (χ0v) is 14.1. The van der Waals surface area contributed by atoms with Crippen LogP contribution in [0.15, 0.2) is 24.3 Å². The molecule has 0 aliphatic heterocycles. The minimum atomic E-state index is 0.913. The van der Waals surface area contributed by atoms with Crippen molar-refractivity contribution in [1.29, 1.82) is 0 Å². The molecule has 0 radical (unpaired) electrons. The summed E-state index contributed by atoms with van der Waals surface area (Å²) in [6.07, 6.45) is 11.1. The second-order valence-corrected chi connectivity index (χ2v) is 6.84. The molecule has 3 heteroatoms. The number of unbranched alkanes of at least 4 members (excludes halogenated alkanes) is 7. The summed E-state index contributed by atoms with van der Waals surface area (Å²) in [6.45, 7) is 4.30.